The SMILES string of the molecule is CC1(C)[C@H](C=C(Cl)Cl)[C@@H]1C(=O)N1CCN(CCc2ccccn2)CC1. The van der Waals surface area contributed by atoms with E-state index in [2.05, 4.69) is 29.8 Å². The van der Waals surface area contributed by atoms with Crippen molar-refractivity contribution in [3.63, 3.8) is 0 Å². The Hall–Kier alpha value is -1.10. The van der Waals surface area contributed by atoms with Crippen LogP contribution in [0.2, 0.25) is 0 Å². The van der Waals surface area contributed by atoms with E-state index in [1.165, 1.54) is 0 Å². The largest absolute Gasteiger partial charge is 0.340 e. The number of carbonyl (C=O) groups excluding carboxylic acids is 1. The van der Waals surface area contributed by atoms with Crippen molar-refractivity contribution in [2.75, 3.05) is 32.7 Å². The van der Waals surface area contributed by atoms with Gasteiger partial charge in [0, 0.05) is 51.0 Å². The molecule has 1 aromatic rings. The quantitative estimate of drug-likeness (QED) is 0.784. The number of carbonyl (C=O) groups is 1. The average Bonchev–Trinajstić information content (AvgIpc) is 3.13. The molecule has 3 rings (SSSR count). The highest BCUT2D eigenvalue weighted by molar-refractivity contribution is 6.55. The van der Waals surface area contributed by atoms with Crippen LogP contribution in [0.3, 0.4) is 0 Å². The number of hydrogen-bond acceptors (Lipinski definition) is 3. The number of hydrogen-bond donors (Lipinski definition) is 0. The molecular formula is C19H25Cl2N3O. The standard InChI is InChI=1S/C19H25Cl2N3O/c1-19(2)15(13-16(20)21)17(19)18(25)24-11-9-23(10-12-24)8-6-14-5-3-4-7-22-14/h3-5,7,13,15,17H,6,8-12H2,1-2H3/t15-,17-/m1/s1. The van der Waals surface area contributed by atoms with E-state index >= 15 is 0 Å². The summed E-state index contributed by atoms with van der Waals surface area (Å²) in [5, 5.41) is 0. The minimum Gasteiger partial charge on any atom is -0.340 e. The third kappa shape index (κ3) is 4.36. The van der Waals surface area contributed by atoms with Crippen molar-refractivity contribution < 1.29 is 4.79 Å². The van der Waals surface area contributed by atoms with Crippen LogP contribution in [0.5, 0.6) is 0 Å². The predicted molar refractivity (Wildman–Crippen MR) is 102 cm³/mol. The molecule has 0 N–H and O–H groups in total. The lowest BCUT2D eigenvalue weighted by Crippen LogP contribution is -2.49. The van der Waals surface area contributed by atoms with Crippen molar-refractivity contribution in [1.29, 1.82) is 0 Å². The second kappa shape index (κ2) is 7.65. The third-order valence-corrected chi connectivity index (χ3v) is 5.83. The van der Waals surface area contributed by atoms with Crippen molar-refractivity contribution in [1.82, 2.24) is 14.8 Å². The Morgan fingerprint density at radius 1 is 1.28 bits per heavy atom. The molecule has 1 saturated heterocycles. The van der Waals surface area contributed by atoms with E-state index in [9.17, 15) is 4.79 Å². The van der Waals surface area contributed by atoms with Crippen LogP contribution in [0.4, 0.5) is 0 Å². The van der Waals surface area contributed by atoms with Gasteiger partial charge in [0.1, 0.15) is 4.49 Å². The summed E-state index contributed by atoms with van der Waals surface area (Å²) in [5.74, 6) is 0.387. The van der Waals surface area contributed by atoms with Gasteiger partial charge in [-0.15, -0.1) is 0 Å². The highest BCUT2D eigenvalue weighted by atomic mass is 35.5. The molecule has 2 fully saturated rings. The highest BCUT2D eigenvalue weighted by Gasteiger charge is 2.61. The smallest absolute Gasteiger partial charge is 0.226 e. The Kier molecular flexibility index (Phi) is 5.71. The number of amides is 1. The maximum Gasteiger partial charge on any atom is 0.226 e. The molecule has 2 heterocycles. The monoisotopic (exact) mass is 381 g/mol. The first kappa shape index (κ1) is 18.7. The van der Waals surface area contributed by atoms with E-state index in [0.717, 1.165) is 44.8 Å². The van der Waals surface area contributed by atoms with Gasteiger partial charge >= 0.3 is 0 Å². The number of allylic oxidation sites excluding steroid dienone is 1. The normalized spacial score (nSPS) is 25.5. The molecule has 0 bridgehead atoms. The van der Waals surface area contributed by atoms with Crippen LogP contribution in [0, 0.1) is 17.3 Å². The molecule has 2 atom stereocenters. The van der Waals surface area contributed by atoms with Crippen molar-refractivity contribution in [3.8, 4) is 0 Å². The summed E-state index contributed by atoms with van der Waals surface area (Å²) in [5.41, 5.74) is 1.07. The molecule has 1 aromatic heterocycles. The van der Waals surface area contributed by atoms with Crippen molar-refractivity contribution in [3.05, 3.63) is 40.7 Å². The van der Waals surface area contributed by atoms with Crippen LogP contribution in [-0.2, 0) is 11.2 Å². The number of nitrogens with zero attached hydrogens (tertiary/aromatic N) is 3. The Balaban J connectivity index is 1.48. The van der Waals surface area contributed by atoms with Crippen LogP contribution in [0.25, 0.3) is 0 Å². The Bertz CT molecular complexity index is 635. The van der Waals surface area contributed by atoms with E-state index < -0.39 is 0 Å². The Labute approximate surface area is 159 Å². The molecule has 1 aliphatic heterocycles. The molecule has 0 unspecified atom stereocenters. The second-order valence-corrected chi connectivity index (χ2v) is 8.53. The Morgan fingerprint density at radius 3 is 2.60 bits per heavy atom. The molecule has 2 aliphatic rings. The maximum atomic E-state index is 12.8. The van der Waals surface area contributed by atoms with E-state index in [-0.39, 0.29) is 27.6 Å². The first-order chi connectivity index (χ1) is 11.9. The summed E-state index contributed by atoms with van der Waals surface area (Å²) in [6.07, 6.45) is 4.60. The van der Waals surface area contributed by atoms with E-state index in [4.69, 9.17) is 23.2 Å². The lowest BCUT2D eigenvalue weighted by molar-refractivity contribution is -0.135. The molecule has 136 valence electrons. The van der Waals surface area contributed by atoms with Crippen LogP contribution in [-0.4, -0.2) is 53.4 Å². The van der Waals surface area contributed by atoms with Gasteiger partial charge in [-0.3, -0.25) is 14.7 Å². The van der Waals surface area contributed by atoms with Crippen molar-refractivity contribution >= 4 is 29.1 Å². The molecule has 25 heavy (non-hydrogen) atoms. The number of piperazine rings is 1. The molecule has 0 radical (unpaired) electrons. The minimum atomic E-state index is -0.0533. The summed E-state index contributed by atoms with van der Waals surface area (Å²) in [6.45, 7) is 8.62. The average molecular weight is 382 g/mol. The van der Waals surface area contributed by atoms with Gasteiger partial charge in [0.15, 0.2) is 0 Å². The summed E-state index contributed by atoms with van der Waals surface area (Å²) in [7, 11) is 0. The van der Waals surface area contributed by atoms with Crippen LogP contribution < -0.4 is 0 Å². The molecular weight excluding hydrogens is 357 g/mol. The zero-order chi connectivity index (χ0) is 18.0. The number of pyridine rings is 1. The first-order valence-electron chi connectivity index (χ1n) is 8.83. The van der Waals surface area contributed by atoms with Gasteiger partial charge in [0.05, 0.1) is 5.92 Å². The van der Waals surface area contributed by atoms with Gasteiger partial charge in [0.25, 0.3) is 0 Å². The molecule has 0 aromatic carbocycles. The van der Waals surface area contributed by atoms with E-state index in [0.29, 0.717) is 0 Å². The summed E-state index contributed by atoms with van der Waals surface area (Å²) < 4.78 is 0.257. The zero-order valence-electron chi connectivity index (χ0n) is 14.8. The summed E-state index contributed by atoms with van der Waals surface area (Å²) in [6, 6.07) is 6.02. The molecule has 6 heteroatoms. The summed E-state index contributed by atoms with van der Waals surface area (Å²) in [4.78, 5) is 21.6. The fraction of sp³-hybridized carbons (Fsp3) is 0.579. The van der Waals surface area contributed by atoms with E-state index in [1.807, 2.05) is 29.3 Å². The fourth-order valence-electron chi connectivity index (χ4n) is 3.80. The van der Waals surface area contributed by atoms with Crippen molar-refractivity contribution in [2.45, 2.75) is 20.3 Å². The molecule has 0 spiro atoms. The lowest BCUT2D eigenvalue weighted by Gasteiger charge is -2.35. The molecule has 1 amide bonds. The van der Waals surface area contributed by atoms with Crippen LogP contribution >= 0.6 is 23.2 Å². The van der Waals surface area contributed by atoms with Crippen molar-refractivity contribution in [2.24, 2.45) is 17.3 Å². The fourth-order valence-corrected chi connectivity index (χ4v) is 4.07. The maximum absolute atomic E-state index is 12.8. The third-order valence-electron chi connectivity index (χ3n) is 5.58. The Morgan fingerprint density at radius 2 is 2.00 bits per heavy atom. The zero-order valence-corrected chi connectivity index (χ0v) is 16.3. The van der Waals surface area contributed by atoms with Crippen LogP contribution in [0.15, 0.2) is 35.0 Å². The number of halogens is 2. The van der Waals surface area contributed by atoms with Gasteiger partial charge in [-0.25, -0.2) is 0 Å². The number of aromatic nitrogens is 1. The minimum absolute atomic E-state index is 0.0000637. The van der Waals surface area contributed by atoms with Gasteiger partial charge in [-0.2, -0.15) is 0 Å². The number of rotatable bonds is 5. The highest BCUT2D eigenvalue weighted by Crippen LogP contribution is 2.60. The van der Waals surface area contributed by atoms with Gasteiger partial charge in [-0.05, 0) is 29.5 Å². The first-order valence-corrected chi connectivity index (χ1v) is 9.59. The summed E-state index contributed by atoms with van der Waals surface area (Å²) >= 11 is 11.6. The van der Waals surface area contributed by atoms with Gasteiger partial charge < -0.3 is 4.90 Å². The molecule has 4 nitrogen and oxygen atoms in total. The van der Waals surface area contributed by atoms with E-state index in [1.54, 1.807) is 0 Å². The van der Waals surface area contributed by atoms with Gasteiger partial charge in [-0.1, -0.05) is 43.1 Å². The van der Waals surface area contributed by atoms with Crippen LogP contribution in [0.1, 0.15) is 19.5 Å². The van der Waals surface area contributed by atoms with Gasteiger partial charge in [0.2, 0.25) is 5.91 Å². The topological polar surface area (TPSA) is 36.4 Å². The molecule has 1 saturated carbocycles. The molecule has 1 aliphatic carbocycles. The predicted octanol–water partition coefficient (Wildman–Crippen LogP) is 3.36. The second-order valence-electron chi connectivity index (χ2n) is 7.52. The lowest BCUT2D eigenvalue weighted by atomic mass is 10.1.